The Kier molecular flexibility index (Phi) is 4.24. The molecule has 3 rings (SSSR count). The van der Waals surface area contributed by atoms with Gasteiger partial charge in [0, 0.05) is 25.6 Å². The van der Waals surface area contributed by atoms with E-state index in [1.54, 1.807) is 0 Å². The van der Waals surface area contributed by atoms with Crippen LogP contribution in [0, 0.1) is 0 Å². The van der Waals surface area contributed by atoms with Crippen LogP contribution in [0.15, 0.2) is 29.3 Å². The molecule has 0 spiro atoms. The summed E-state index contributed by atoms with van der Waals surface area (Å²) in [5.74, 6) is 1.62. The van der Waals surface area contributed by atoms with Gasteiger partial charge in [0.05, 0.1) is 0 Å². The number of hydrogen-bond donors (Lipinski definition) is 2. The lowest BCUT2D eigenvalue weighted by atomic mass is 9.78. The first kappa shape index (κ1) is 13.5. The van der Waals surface area contributed by atoms with Gasteiger partial charge in [-0.15, -0.1) is 0 Å². The Balaban J connectivity index is 1.47. The van der Waals surface area contributed by atoms with E-state index >= 15 is 0 Å². The molecule has 0 bridgehead atoms. The molecule has 0 radical (unpaired) electrons. The molecule has 0 heterocycles. The lowest BCUT2D eigenvalue weighted by Gasteiger charge is -2.31. The molecule has 1 atom stereocenters. The fourth-order valence-electron chi connectivity index (χ4n) is 3.40. The molecule has 2 N–H and O–H groups in total. The lowest BCUT2D eigenvalue weighted by molar-refractivity contribution is 0.409. The number of benzene rings is 1. The van der Waals surface area contributed by atoms with Crippen LogP contribution in [0.25, 0.3) is 0 Å². The number of fused-ring (bicyclic) bond motifs is 1. The topological polar surface area (TPSA) is 36.4 Å². The molecular formula is C17H25N3. The first-order valence-electron chi connectivity index (χ1n) is 7.92. The van der Waals surface area contributed by atoms with Crippen LogP contribution >= 0.6 is 0 Å². The summed E-state index contributed by atoms with van der Waals surface area (Å²) in [6.45, 7) is 0.989. The standard InChI is InChI=1S/C17H25N3/c1-18-17(20-15-8-3-2-4-9-15)19-12-14-11-13-7-5-6-10-16(13)14/h5-7,10,14-15H,2-4,8-9,11-12H2,1H3,(H2,18,19,20). The van der Waals surface area contributed by atoms with Crippen LogP contribution in [-0.2, 0) is 6.42 Å². The predicted molar refractivity (Wildman–Crippen MR) is 84.3 cm³/mol. The number of rotatable bonds is 3. The quantitative estimate of drug-likeness (QED) is 0.655. The Morgan fingerprint density at radius 3 is 2.75 bits per heavy atom. The third-order valence-electron chi connectivity index (χ3n) is 4.65. The highest BCUT2D eigenvalue weighted by Crippen LogP contribution is 2.33. The van der Waals surface area contributed by atoms with Crippen molar-refractivity contribution in [3.05, 3.63) is 35.4 Å². The summed E-state index contributed by atoms with van der Waals surface area (Å²) in [4.78, 5) is 4.36. The molecule has 108 valence electrons. The summed E-state index contributed by atoms with van der Waals surface area (Å²) >= 11 is 0. The molecule has 0 amide bonds. The summed E-state index contributed by atoms with van der Waals surface area (Å²) in [7, 11) is 1.87. The molecule has 3 heteroatoms. The Labute approximate surface area is 121 Å². The highest BCUT2D eigenvalue weighted by molar-refractivity contribution is 5.80. The van der Waals surface area contributed by atoms with Gasteiger partial charge in [0.1, 0.15) is 0 Å². The highest BCUT2D eigenvalue weighted by Gasteiger charge is 2.25. The van der Waals surface area contributed by atoms with Gasteiger partial charge in [-0.2, -0.15) is 0 Å². The Hall–Kier alpha value is -1.51. The van der Waals surface area contributed by atoms with E-state index < -0.39 is 0 Å². The zero-order valence-corrected chi connectivity index (χ0v) is 12.4. The minimum Gasteiger partial charge on any atom is -0.356 e. The molecule has 0 aromatic heterocycles. The summed E-state index contributed by atoms with van der Waals surface area (Å²) in [6.07, 6.45) is 7.86. The minimum atomic E-state index is 0.614. The Bertz CT molecular complexity index is 475. The van der Waals surface area contributed by atoms with Crippen molar-refractivity contribution in [2.45, 2.75) is 50.5 Å². The normalized spacial score (nSPS) is 22.9. The van der Waals surface area contributed by atoms with Crippen LogP contribution in [0.1, 0.15) is 49.1 Å². The largest absolute Gasteiger partial charge is 0.356 e. The van der Waals surface area contributed by atoms with Crippen molar-refractivity contribution < 1.29 is 0 Å². The van der Waals surface area contributed by atoms with Crippen LogP contribution in [0.5, 0.6) is 0 Å². The van der Waals surface area contributed by atoms with Gasteiger partial charge in [-0.05, 0) is 30.4 Å². The molecule has 20 heavy (non-hydrogen) atoms. The zero-order chi connectivity index (χ0) is 13.8. The Morgan fingerprint density at radius 2 is 2.00 bits per heavy atom. The van der Waals surface area contributed by atoms with Crippen LogP contribution in [0.2, 0.25) is 0 Å². The number of hydrogen-bond acceptors (Lipinski definition) is 1. The number of aliphatic imine (C=N–C) groups is 1. The van der Waals surface area contributed by atoms with Gasteiger partial charge < -0.3 is 10.6 Å². The Morgan fingerprint density at radius 1 is 1.20 bits per heavy atom. The second-order valence-corrected chi connectivity index (χ2v) is 6.03. The molecule has 0 saturated heterocycles. The molecule has 1 fully saturated rings. The van der Waals surface area contributed by atoms with E-state index in [1.807, 2.05) is 7.05 Å². The lowest BCUT2D eigenvalue weighted by Crippen LogP contribution is -2.46. The van der Waals surface area contributed by atoms with Crippen LogP contribution in [0.3, 0.4) is 0 Å². The fourth-order valence-corrected chi connectivity index (χ4v) is 3.40. The SMILES string of the molecule is CN=C(NCC1Cc2ccccc21)NC1CCCCC1. The van der Waals surface area contributed by atoms with E-state index in [9.17, 15) is 0 Å². The van der Waals surface area contributed by atoms with Crippen molar-refractivity contribution in [3.8, 4) is 0 Å². The van der Waals surface area contributed by atoms with Gasteiger partial charge in [0.15, 0.2) is 5.96 Å². The van der Waals surface area contributed by atoms with Crippen LogP contribution in [0.4, 0.5) is 0 Å². The predicted octanol–water partition coefficient (Wildman–Crippen LogP) is 2.82. The maximum atomic E-state index is 4.36. The first-order valence-corrected chi connectivity index (χ1v) is 7.92. The fraction of sp³-hybridized carbons (Fsp3) is 0.588. The van der Waals surface area contributed by atoms with Crippen molar-refractivity contribution in [2.75, 3.05) is 13.6 Å². The number of guanidine groups is 1. The molecule has 1 unspecified atom stereocenters. The van der Waals surface area contributed by atoms with E-state index in [0.29, 0.717) is 12.0 Å². The highest BCUT2D eigenvalue weighted by atomic mass is 15.2. The average molecular weight is 271 g/mol. The van der Waals surface area contributed by atoms with Gasteiger partial charge >= 0.3 is 0 Å². The molecule has 1 aromatic carbocycles. The average Bonchev–Trinajstić information content (AvgIpc) is 2.48. The molecule has 0 aliphatic heterocycles. The summed E-state index contributed by atoms with van der Waals surface area (Å²) in [5.41, 5.74) is 3.02. The third-order valence-corrected chi connectivity index (χ3v) is 4.65. The maximum absolute atomic E-state index is 4.36. The maximum Gasteiger partial charge on any atom is 0.191 e. The molecule has 2 aliphatic rings. The van der Waals surface area contributed by atoms with Crippen molar-refractivity contribution in [1.82, 2.24) is 10.6 Å². The monoisotopic (exact) mass is 271 g/mol. The van der Waals surface area contributed by atoms with E-state index in [1.165, 1.54) is 49.7 Å². The molecule has 1 aromatic rings. The van der Waals surface area contributed by atoms with E-state index in [-0.39, 0.29) is 0 Å². The molecular weight excluding hydrogens is 246 g/mol. The first-order chi connectivity index (χ1) is 9.86. The van der Waals surface area contributed by atoms with Crippen LogP contribution < -0.4 is 10.6 Å². The van der Waals surface area contributed by atoms with Crippen molar-refractivity contribution in [3.63, 3.8) is 0 Å². The van der Waals surface area contributed by atoms with Gasteiger partial charge in [0.2, 0.25) is 0 Å². The third kappa shape index (κ3) is 2.97. The van der Waals surface area contributed by atoms with Gasteiger partial charge in [0.25, 0.3) is 0 Å². The van der Waals surface area contributed by atoms with E-state index in [2.05, 4.69) is 39.9 Å². The number of nitrogens with zero attached hydrogens (tertiary/aromatic N) is 1. The van der Waals surface area contributed by atoms with E-state index in [0.717, 1.165) is 12.5 Å². The van der Waals surface area contributed by atoms with Crippen molar-refractivity contribution in [2.24, 2.45) is 4.99 Å². The molecule has 1 saturated carbocycles. The summed E-state index contributed by atoms with van der Waals surface area (Å²) < 4.78 is 0. The van der Waals surface area contributed by atoms with Gasteiger partial charge in [-0.3, -0.25) is 4.99 Å². The second-order valence-electron chi connectivity index (χ2n) is 6.03. The summed E-state index contributed by atoms with van der Waals surface area (Å²) in [6, 6.07) is 9.37. The molecule has 2 aliphatic carbocycles. The van der Waals surface area contributed by atoms with E-state index in [4.69, 9.17) is 0 Å². The van der Waals surface area contributed by atoms with Crippen LogP contribution in [-0.4, -0.2) is 25.6 Å². The zero-order valence-electron chi connectivity index (χ0n) is 12.4. The summed E-state index contributed by atoms with van der Waals surface area (Å²) in [5, 5.41) is 7.07. The second kappa shape index (κ2) is 6.29. The minimum absolute atomic E-state index is 0.614. The number of nitrogens with one attached hydrogen (secondary N) is 2. The molecule has 3 nitrogen and oxygen atoms in total. The van der Waals surface area contributed by atoms with Gasteiger partial charge in [-0.25, -0.2) is 0 Å². The smallest absolute Gasteiger partial charge is 0.191 e. The van der Waals surface area contributed by atoms with Crippen molar-refractivity contribution in [1.29, 1.82) is 0 Å². The van der Waals surface area contributed by atoms with Gasteiger partial charge in [-0.1, -0.05) is 43.5 Å². The van der Waals surface area contributed by atoms with Crippen molar-refractivity contribution >= 4 is 5.96 Å².